The quantitative estimate of drug-likeness (QED) is 0.148. The number of nitrogens with zero attached hydrogens (tertiary/aromatic N) is 5. The number of nitrogens with two attached hydrogens (primary N) is 1. The zero-order chi connectivity index (χ0) is 23.4. The summed E-state index contributed by atoms with van der Waals surface area (Å²) in [4.78, 5) is 29.0. The van der Waals surface area contributed by atoms with Crippen molar-refractivity contribution in [2.75, 3.05) is 20.2 Å². The topological polar surface area (TPSA) is 117 Å². The minimum Gasteiger partial charge on any atom is -0.458 e. The van der Waals surface area contributed by atoms with Crippen LogP contribution in [0.15, 0.2) is 63.9 Å². The molecule has 11 heteroatoms. The van der Waals surface area contributed by atoms with Gasteiger partial charge in [0.15, 0.2) is 5.84 Å². The zero-order valence-electron chi connectivity index (χ0n) is 18.1. The van der Waals surface area contributed by atoms with Crippen molar-refractivity contribution in [1.29, 1.82) is 0 Å². The summed E-state index contributed by atoms with van der Waals surface area (Å²) in [7, 11) is 3.48. The number of hydrogen-bond acceptors (Lipinski definition) is 5. The average molecular weight is 506 g/mol. The Balaban J connectivity index is 1.95. The first-order valence-corrected chi connectivity index (χ1v) is 10.7. The maximum absolute atomic E-state index is 13.2. The number of halogens is 1. The predicted octanol–water partition coefficient (Wildman–Crippen LogP) is 1.75. The molecule has 0 spiro atoms. The minimum atomic E-state index is -0.760. The summed E-state index contributed by atoms with van der Waals surface area (Å²) in [6.45, 7) is 2.19. The molecule has 0 saturated carbocycles. The summed E-state index contributed by atoms with van der Waals surface area (Å²) in [5, 5.41) is 12.1. The molecule has 170 valence electrons. The zero-order valence-corrected chi connectivity index (χ0v) is 19.7. The van der Waals surface area contributed by atoms with Gasteiger partial charge in [-0.15, -0.1) is 0 Å². The molecule has 0 saturated heterocycles. The first-order chi connectivity index (χ1) is 15.2. The second-order valence-corrected chi connectivity index (χ2v) is 8.38. The lowest BCUT2D eigenvalue weighted by molar-refractivity contribution is -0.671. The van der Waals surface area contributed by atoms with Gasteiger partial charge in [0.05, 0.1) is 25.2 Å². The molecular formula is C21H26BrN6O4+. The number of carbonyl (C=O) groups excluding carboxylic acids is 2. The third-order valence-electron chi connectivity index (χ3n) is 5.28. The number of oxime groups is 1. The highest BCUT2D eigenvalue weighted by molar-refractivity contribution is 9.10. The molecule has 32 heavy (non-hydrogen) atoms. The maximum Gasteiger partial charge on any atom is 0.338 e. The van der Waals surface area contributed by atoms with Crippen LogP contribution in [0.5, 0.6) is 0 Å². The largest absolute Gasteiger partial charge is 0.458 e. The number of ether oxygens (including phenoxy) is 1. The summed E-state index contributed by atoms with van der Waals surface area (Å²) in [6, 6.07) is 6.14. The van der Waals surface area contributed by atoms with Crippen LogP contribution in [0.25, 0.3) is 0 Å². The van der Waals surface area contributed by atoms with Crippen molar-refractivity contribution in [2.45, 2.75) is 19.5 Å². The second kappa shape index (κ2) is 9.86. The molecule has 3 N–H and O–H groups in total. The number of carbonyl (C=O) groups is 2. The maximum atomic E-state index is 13.2. The van der Waals surface area contributed by atoms with Crippen molar-refractivity contribution in [3.63, 3.8) is 0 Å². The van der Waals surface area contributed by atoms with E-state index in [0.29, 0.717) is 23.4 Å². The summed E-state index contributed by atoms with van der Waals surface area (Å²) < 4.78 is 10.2. The highest BCUT2D eigenvalue weighted by Crippen LogP contribution is 2.37. The molecule has 1 aliphatic heterocycles. The van der Waals surface area contributed by atoms with Gasteiger partial charge < -0.3 is 25.5 Å². The number of rotatable bonds is 7. The van der Waals surface area contributed by atoms with Gasteiger partial charge in [-0.2, -0.15) is 0 Å². The van der Waals surface area contributed by atoms with Crippen LogP contribution in [0, 0.1) is 0 Å². The first kappa shape index (κ1) is 23.3. The van der Waals surface area contributed by atoms with E-state index in [0.717, 1.165) is 4.47 Å². The van der Waals surface area contributed by atoms with Crippen molar-refractivity contribution in [3.8, 4) is 0 Å². The van der Waals surface area contributed by atoms with E-state index < -0.39 is 12.0 Å². The Morgan fingerprint density at radius 1 is 1.34 bits per heavy atom. The summed E-state index contributed by atoms with van der Waals surface area (Å²) in [6.07, 6.45) is 5.66. The lowest BCUT2D eigenvalue weighted by Crippen LogP contribution is -2.51. The van der Waals surface area contributed by atoms with E-state index in [1.54, 1.807) is 14.0 Å². The highest BCUT2D eigenvalue weighted by Gasteiger charge is 2.41. The van der Waals surface area contributed by atoms with Gasteiger partial charge >= 0.3 is 12.0 Å². The van der Waals surface area contributed by atoms with Crippen molar-refractivity contribution >= 4 is 33.8 Å². The predicted molar refractivity (Wildman–Crippen MR) is 119 cm³/mol. The molecule has 1 atom stereocenters. The summed E-state index contributed by atoms with van der Waals surface area (Å²) in [5.41, 5.74) is 7.22. The Hall–Kier alpha value is -3.34. The van der Waals surface area contributed by atoms with Gasteiger partial charge in [-0.3, -0.25) is 0 Å². The van der Waals surface area contributed by atoms with Crippen LogP contribution in [0.1, 0.15) is 18.5 Å². The van der Waals surface area contributed by atoms with Crippen LogP contribution in [0.4, 0.5) is 4.79 Å². The van der Waals surface area contributed by atoms with Crippen LogP contribution in [0.3, 0.4) is 0 Å². The molecule has 3 rings (SSSR count). The van der Waals surface area contributed by atoms with Gasteiger partial charge in [-0.1, -0.05) is 33.2 Å². The van der Waals surface area contributed by atoms with Crippen LogP contribution in [-0.4, -0.2) is 57.6 Å². The molecule has 0 bridgehead atoms. The normalized spacial score (nSPS) is 17.2. The SMILES string of the molecule is CC1=C(C(=O)OCCn2cc[n+](C)c2)C(c2ccc(Br)cc2)N(CC(N)=NO)C(=O)N1C. The van der Waals surface area contributed by atoms with Crippen LogP contribution < -0.4 is 10.3 Å². The van der Waals surface area contributed by atoms with Crippen molar-refractivity contribution < 1.29 is 24.1 Å². The number of benzene rings is 1. The van der Waals surface area contributed by atoms with Gasteiger partial charge in [0.1, 0.15) is 25.5 Å². The second-order valence-electron chi connectivity index (χ2n) is 7.47. The van der Waals surface area contributed by atoms with E-state index in [1.165, 1.54) is 9.80 Å². The Morgan fingerprint density at radius 3 is 2.62 bits per heavy atom. The molecule has 0 aliphatic carbocycles. The van der Waals surface area contributed by atoms with E-state index in [9.17, 15) is 9.59 Å². The third kappa shape index (κ3) is 4.93. The number of amides is 2. The van der Waals surface area contributed by atoms with E-state index >= 15 is 0 Å². The molecule has 1 unspecified atom stereocenters. The number of allylic oxidation sites excluding steroid dienone is 1. The molecular weight excluding hydrogens is 480 g/mol. The first-order valence-electron chi connectivity index (χ1n) is 9.88. The number of imidazole rings is 1. The Bertz CT molecular complexity index is 1060. The molecule has 1 aromatic heterocycles. The van der Waals surface area contributed by atoms with Crippen molar-refractivity contribution in [1.82, 2.24) is 14.4 Å². The Kier molecular flexibility index (Phi) is 7.18. The van der Waals surface area contributed by atoms with E-state index in [-0.39, 0.29) is 25.0 Å². The molecule has 2 aromatic rings. The van der Waals surface area contributed by atoms with Gasteiger partial charge in [0.2, 0.25) is 6.33 Å². The van der Waals surface area contributed by atoms with Gasteiger partial charge in [0, 0.05) is 17.2 Å². The van der Waals surface area contributed by atoms with E-state index in [4.69, 9.17) is 15.7 Å². The smallest absolute Gasteiger partial charge is 0.338 e. The number of amidine groups is 1. The number of urea groups is 1. The summed E-state index contributed by atoms with van der Waals surface area (Å²) >= 11 is 3.40. The molecule has 2 amide bonds. The lowest BCUT2D eigenvalue weighted by atomic mass is 9.93. The van der Waals surface area contributed by atoms with E-state index in [1.807, 2.05) is 59.2 Å². The molecule has 10 nitrogen and oxygen atoms in total. The fourth-order valence-corrected chi connectivity index (χ4v) is 3.82. The van der Waals surface area contributed by atoms with Crippen LogP contribution in [0.2, 0.25) is 0 Å². The van der Waals surface area contributed by atoms with Crippen molar-refractivity contribution in [2.24, 2.45) is 17.9 Å². The van der Waals surface area contributed by atoms with Gasteiger partial charge in [-0.25, -0.2) is 18.7 Å². The lowest BCUT2D eigenvalue weighted by Gasteiger charge is -2.41. The fraction of sp³-hybridized carbons (Fsp3) is 0.333. The van der Waals surface area contributed by atoms with Crippen LogP contribution in [-0.2, 0) is 23.1 Å². The van der Waals surface area contributed by atoms with E-state index in [2.05, 4.69) is 21.1 Å². The Morgan fingerprint density at radius 2 is 2.03 bits per heavy atom. The van der Waals surface area contributed by atoms with Crippen molar-refractivity contribution in [3.05, 3.63) is 64.3 Å². The molecule has 0 fully saturated rings. The summed E-state index contributed by atoms with van der Waals surface area (Å²) in [5.74, 6) is -0.683. The molecule has 1 aromatic carbocycles. The molecule has 1 aliphatic rings. The molecule has 2 heterocycles. The van der Waals surface area contributed by atoms with Gasteiger partial charge in [-0.05, 0) is 24.6 Å². The number of hydrogen-bond donors (Lipinski definition) is 2. The number of aryl methyl sites for hydroxylation is 1. The van der Waals surface area contributed by atoms with Crippen LogP contribution >= 0.6 is 15.9 Å². The molecule has 0 radical (unpaired) electrons. The number of aromatic nitrogens is 2. The highest BCUT2D eigenvalue weighted by atomic mass is 79.9. The Labute approximate surface area is 194 Å². The third-order valence-corrected chi connectivity index (χ3v) is 5.81. The number of esters is 1. The van der Waals surface area contributed by atoms with Gasteiger partial charge in [0.25, 0.3) is 0 Å². The monoisotopic (exact) mass is 505 g/mol. The average Bonchev–Trinajstić information content (AvgIpc) is 3.19. The standard InChI is InChI=1S/C21H25BrN6O4/c1-14-18(20(29)32-11-10-27-9-8-25(2)13-27)19(15-4-6-16(22)7-5-15)28(12-17(23)24-31)21(30)26(14)3/h4-9,13,19H,10-12H2,1-3H3,(H2-,23,24,31)/p+1. The minimum absolute atomic E-state index is 0.151. The fourth-order valence-electron chi connectivity index (χ4n) is 3.55.